The van der Waals surface area contributed by atoms with Crippen LogP contribution in [0.2, 0.25) is 0 Å². The third kappa shape index (κ3) is 1.88. The Kier molecular flexibility index (Phi) is 2.82. The third-order valence-electron chi connectivity index (χ3n) is 1.98. The van der Waals surface area contributed by atoms with E-state index in [1.807, 2.05) is 0 Å². The molecule has 1 N–H and O–H groups in total. The van der Waals surface area contributed by atoms with E-state index in [2.05, 4.69) is 0 Å². The Hall–Kier alpha value is -1.89. The van der Waals surface area contributed by atoms with E-state index < -0.39 is 17.7 Å². The van der Waals surface area contributed by atoms with Gasteiger partial charge in [-0.1, -0.05) is 6.07 Å². The molecule has 0 bridgehead atoms. The predicted octanol–water partition coefficient (Wildman–Crippen LogP) is 1.89. The summed E-state index contributed by atoms with van der Waals surface area (Å²) in [5.41, 5.74) is 0.297. The van der Waals surface area contributed by atoms with Crippen molar-refractivity contribution in [1.29, 1.82) is 5.26 Å². The molecule has 0 radical (unpaired) electrons. The number of nitriles is 1. The topological polar surface area (TPSA) is 61.1 Å². The Labute approximate surface area is 80.4 Å². The number of nitrogens with zero attached hydrogens (tertiary/aromatic N) is 1. The lowest BCUT2D eigenvalue weighted by molar-refractivity contribution is -0.138. The minimum atomic E-state index is -1.000. The first-order valence-electron chi connectivity index (χ1n) is 3.98. The standard InChI is InChI=1S/C10H8FNO2/c1-6(10(13)14)7-2-3-9(11)8(4-7)5-12/h2-4,6H,1H3,(H,13,14). The maximum Gasteiger partial charge on any atom is 0.310 e. The SMILES string of the molecule is CC(C(=O)O)c1ccc(F)c(C#N)c1. The summed E-state index contributed by atoms with van der Waals surface area (Å²) in [6.07, 6.45) is 0. The Morgan fingerprint density at radius 2 is 2.29 bits per heavy atom. The fourth-order valence-electron chi connectivity index (χ4n) is 1.04. The van der Waals surface area contributed by atoms with Crippen LogP contribution in [0.4, 0.5) is 4.39 Å². The normalized spacial score (nSPS) is 11.8. The van der Waals surface area contributed by atoms with E-state index in [-0.39, 0.29) is 5.56 Å². The number of carbonyl (C=O) groups is 1. The third-order valence-corrected chi connectivity index (χ3v) is 1.98. The fourth-order valence-corrected chi connectivity index (χ4v) is 1.04. The van der Waals surface area contributed by atoms with Gasteiger partial charge in [-0.25, -0.2) is 4.39 Å². The maximum atomic E-state index is 12.9. The molecule has 1 atom stereocenters. The summed E-state index contributed by atoms with van der Waals surface area (Å²) in [5, 5.41) is 17.2. The molecule has 0 saturated carbocycles. The summed E-state index contributed by atoms with van der Waals surface area (Å²) in [4.78, 5) is 10.6. The molecule has 4 heteroatoms. The Morgan fingerprint density at radius 3 is 2.79 bits per heavy atom. The van der Waals surface area contributed by atoms with Crippen molar-refractivity contribution in [3.05, 3.63) is 35.1 Å². The molecule has 1 unspecified atom stereocenters. The number of benzene rings is 1. The second kappa shape index (κ2) is 3.88. The van der Waals surface area contributed by atoms with Crippen LogP contribution in [0.15, 0.2) is 18.2 Å². The Balaban J connectivity index is 3.14. The monoisotopic (exact) mass is 193 g/mol. The lowest BCUT2D eigenvalue weighted by Crippen LogP contribution is -2.07. The number of aliphatic carboxylic acids is 1. The lowest BCUT2D eigenvalue weighted by atomic mass is 9.99. The number of hydrogen-bond acceptors (Lipinski definition) is 2. The molecule has 0 spiro atoms. The first-order valence-corrected chi connectivity index (χ1v) is 3.98. The average Bonchev–Trinajstić information content (AvgIpc) is 2.17. The van der Waals surface area contributed by atoms with Gasteiger partial charge < -0.3 is 5.11 Å². The van der Waals surface area contributed by atoms with E-state index >= 15 is 0 Å². The molecule has 0 aliphatic carbocycles. The highest BCUT2D eigenvalue weighted by Crippen LogP contribution is 2.18. The van der Waals surface area contributed by atoms with E-state index in [0.29, 0.717) is 5.56 Å². The summed E-state index contributed by atoms with van der Waals surface area (Å²) in [5.74, 6) is -2.36. The smallest absolute Gasteiger partial charge is 0.310 e. The van der Waals surface area contributed by atoms with E-state index in [4.69, 9.17) is 10.4 Å². The van der Waals surface area contributed by atoms with Crippen LogP contribution in [0.5, 0.6) is 0 Å². The van der Waals surface area contributed by atoms with Gasteiger partial charge in [0.2, 0.25) is 0 Å². The number of halogens is 1. The van der Waals surface area contributed by atoms with Crippen LogP contribution in [-0.2, 0) is 4.79 Å². The van der Waals surface area contributed by atoms with Gasteiger partial charge in [0.1, 0.15) is 11.9 Å². The zero-order chi connectivity index (χ0) is 10.7. The highest BCUT2D eigenvalue weighted by atomic mass is 19.1. The van der Waals surface area contributed by atoms with Crippen molar-refractivity contribution in [3.8, 4) is 6.07 Å². The van der Waals surface area contributed by atoms with Gasteiger partial charge in [-0.05, 0) is 24.6 Å². The Morgan fingerprint density at radius 1 is 1.64 bits per heavy atom. The van der Waals surface area contributed by atoms with Gasteiger partial charge in [0.25, 0.3) is 0 Å². The van der Waals surface area contributed by atoms with Crippen molar-refractivity contribution in [2.75, 3.05) is 0 Å². The van der Waals surface area contributed by atoms with Crippen LogP contribution >= 0.6 is 0 Å². The predicted molar refractivity (Wildman–Crippen MR) is 47.2 cm³/mol. The lowest BCUT2D eigenvalue weighted by Gasteiger charge is -2.06. The molecule has 0 fully saturated rings. The minimum absolute atomic E-state index is 0.129. The van der Waals surface area contributed by atoms with Crippen molar-refractivity contribution in [2.24, 2.45) is 0 Å². The molecule has 14 heavy (non-hydrogen) atoms. The van der Waals surface area contributed by atoms with Crippen molar-refractivity contribution >= 4 is 5.97 Å². The molecule has 0 heterocycles. The molecule has 1 rings (SSSR count). The molecule has 3 nitrogen and oxygen atoms in total. The zero-order valence-electron chi connectivity index (χ0n) is 7.49. The van der Waals surface area contributed by atoms with Crippen LogP contribution in [-0.4, -0.2) is 11.1 Å². The van der Waals surface area contributed by atoms with Gasteiger partial charge in [-0.2, -0.15) is 5.26 Å². The van der Waals surface area contributed by atoms with Crippen molar-refractivity contribution in [3.63, 3.8) is 0 Å². The van der Waals surface area contributed by atoms with Crippen molar-refractivity contribution in [2.45, 2.75) is 12.8 Å². The van der Waals surface area contributed by atoms with Crippen LogP contribution in [0.3, 0.4) is 0 Å². The second-order valence-corrected chi connectivity index (χ2v) is 2.91. The maximum absolute atomic E-state index is 12.9. The number of rotatable bonds is 2. The van der Waals surface area contributed by atoms with Gasteiger partial charge in [-0.15, -0.1) is 0 Å². The molecule has 0 aliphatic rings. The summed E-state index contributed by atoms with van der Waals surface area (Å²) < 4.78 is 12.9. The highest BCUT2D eigenvalue weighted by molar-refractivity contribution is 5.75. The number of carboxylic acid groups (broad SMARTS) is 1. The quantitative estimate of drug-likeness (QED) is 0.780. The molecule has 0 aromatic heterocycles. The largest absolute Gasteiger partial charge is 0.481 e. The van der Waals surface area contributed by atoms with Crippen LogP contribution in [0.1, 0.15) is 24.0 Å². The minimum Gasteiger partial charge on any atom is -0.481 e. The fraction of sp³-hybridized carbons (Fsp3) is 0.200. The molecular formula is C10H8FNO2. The van der Waals surface area contributed by atoms with E-state index in [0.717, 1.165) is 6.07 Å². The molecule has 0 saturated heterocycles. The highest BCUT2D eigenvalue weighted by Gasteiger charge is 2.15. The van der Waals surface area contributed by atoms with Gasteiger partial charge in [-0.3, -0.25) is 4.79 Å². The summed E-state index contributed by atoms with van der Waals surface area (Å²) in [6.45, 7) is 1.48. The van der Waals surface area contributed by atoms with E-state index in [1.54, 1.807) is 6.07 Å². The molecule has 1 aromatic rings. The van der Waals surface area contributed by atoms with Crippen molar-refractivity contribution in [1.82, 2.24) is 0 Å². The Bertz CT molecular complexity index is 409. The summed E-state index contributed by atoms with van der Waals surface area (Å²) in [6, 6.07) is 5.39. The molecule has 72 valence electrons. The molecular weight excluding hydrogens is 185 g/mol. The van der Waals surface area contributed by atoms with Crippen LogP contribution in [0, 0.1) is 17.1 Å². The number of carboxylic acids is 1. The summed E-state index contributed by atoms with van der Waals surface area (Å²) in [7, 11) is 0. The summed E-state index contributed by atoms with van der Waals surface area (Å²) >= 11 is 0. The first kappa shape index (κ1) is 10.2. The van der Waals surface area contributed by atoms with Crippen molar-refractivity contribution < 1.29 is 14.3 Å². The van der Waals surface area contributed by atoms with Crippen LogP contribution < -0.4 is 0 Å². The van der Waals surface area contributed by atoms with E-state index in [1.165, 1.54) is 19.1 Å². The zero-order valence-corrected chi connectivity index (χ0v) is 7.49. The number of hydrogen-bond donors (Lipinski definition) is 1. The molecule has 1 aromatic carbocycles. The molecule has 0 amide bonds. The van der Waals surface area contributed by atoms with Gasteiger partial charge in [0.05, 0.1) is 11.5 Å². The average molecular weight is 193 g/mol. The van der Waals surface area contributed by atoms with Gasteiger partial charge in [0, 0.05) is 0 Å². The van der Waals surface area contributed by atoms with E-state index in [9.17, 15) is 9.18 Å². The first-order chi connectivity index (χ1) is 6.56. The molecule has 0 aliphatic heterocycles. The second-order valence-electron chi connectivity index (χ2n) is 2.91. The van der Waals surface area contributed by atoms with Gasteiger partial charge >= 0.3 is 5.97 Å². The van der Waals surface area contributed by atoms with Crippen LogP contribution in [0.25, 0.3) is 0 Å². The van der Waals surface area contributed by atoms with Gasteiger partial charge in [0.15, 0.2) is 0 Å².